The molecule has 82 valence electrons. The maximum atomic E-state index is 10.2. The SMILES string of the molecule is O=C1NCCO1.O=c1[nH]c(=O)[nH]c(=O)[nH]1. The van der Waals surface area contributed by atoms with Crippen molar-refractivity contribution in [3.63, 3.8) is 0 Å². The van der Waals surface area contributed by atoms with E-state index in [0.717, 1.165) is 0 Å². The lowest BCUT2D eigenvalue weighted by molar-refractivity contribution is 0.178. The summed E-state index contributed by atoms with van der Waals surface area (Å²) in [5, 5.41) is 2.46. The molecule has 9 heteroatoms. The molecule has 0 aromatic carbocycles. The van der Waals surface area contributed by atoms with Crippen molar-refractivity contribution < 1.29 is 9.53 Å². The summed E-state index contributed by atoms with van der Waals surface area (Å²) < 4.78 is 4.40. The molecule has 15 heavy (non-hydrogen) atoms. The maximum Gasteiger partial charge on any atom is 0.407 e. The molecule has 0 aliphatic carbocycles. The molecule has 1 aliphatic heterocycles. The van der Waals surface area contributed by atoms with E-state index >= 15 is 0 Å². The van der Waals surface area contributed by atoms with E-state index in [2.05, 4.69) is 10.1 Å². The molecule has 1 aromatic heterocycles. The first-order valence-corrected chi connectivity index (χ1v) is 3.91. The highest BCUT2D eigenvalue weighted by Crippen LogP contribution is 1.82. The summed E-state index contributed by atoms with van der Waals surface area (Å²) >= 11 is 0. The number of carbonyl (C=O) groups excluding carboxylic acids is 1. The molecule has 0 radical (unpaired) electrons. The molecule has 1 aromatic rings. The average molecular weight is 216 g/mol. The van der Waals surface area contributed by atoms with Crippen LogP contribution in [0.1, 0.15) is 0 Å². The van der Waals surface area contributed by atoms with Gasteiger partial charge in [-0.1, -0.05) is 0 Å². The van der Waals surface area contributed by atoms with Crippen molar-refractivity contribution in [2.24, 2.45) is 0 Å². The van der Waals surface area contributed by atoms with Crippen LogP contribution in [-0.2, 0) is 4.74 Å². The first-order valence-electron chi connectivity index (χ1n) is 3.91. The predicted octanol–water partition coefficient (Wildman–Crippen LogP) is -2.52. The molecule has 1 saturated heterocycles. The number of H-pyrrole nitrogens is 3. The van der Waals surface area contributed by atoms with Crippen LogP contribution in [0.4, 0.5) is 4.79 Å². The molecule has 0 saturated carbocycles. The number of amides is 1. The van der Waals surface area contributed by atoms with Gasteiger partial charge in [0.1, 0.15) is 6.61 Å². The van der Waals surface area contributed by atoms with Crippen LogP contribution in [0.2, 0.25) is 0 Å². The number of aromatic amines is 3. The zero-order valence-corrected chi connectivity index (χ0v) is 7.46. The van der Waals surface area contributed by atoms with E-state index in [1.807, 2.05) is 0 Å². The summed E-state index contributed by atoms with van der Waals surface area (Å²) in [6.45, 7) is 1.19. The van der Waals surface area contributed by atoms with Crippen LogP contribution in [0.3, 0.4) is 0 Å². The Kier molecular flexibility index (Phi) is 3.43. The highest BCUT2D eigenvalue weighted by atomic mass is 16.6. The van der Waals surface area contributed by atoms with E-state index < -0.39 is 17.1 Å². The van der Waals surface area contributed by atoms with Gasteiger partial charge in [0.2, 0.25) is 0 Å². The Morgan fingerprint density at radius 3 is 1.53 bits per heavy atom. The first-order chi connectivity index (χ1) is 7.08. The maximum absolute atomic E-state index is 10.2. The smallest absolute Gasteiger partial charge is 0.407 e. The Bertz CT molecular complexity index is 410. The van der Waals surface area contributed by atoms with Crippen LogP contribution in [0, 0.1) is 0 Å². The molecular formula is C6H8N4O5. The third-order valence-electron chi connectivity index (χ3n) is 1.29. The zero-order valence-electron chi connectivity index (χ0n) is 7.46. The topological polar surface area (TPSA) is 137 Å². The second-order valence-corrected chi connectivity index (χ2v) is 2.43. The minimum Gasteiger partial charge on any atom is -0.448 e. The molecule has 0 unspecified atom stereocenters. The Morgan fingerprint density at radius 2 is 1.33 bits per heavy atom. The molecule has 2 rings (SSSR count). The van der Waals surface area contributed by atoms with Crippen molar-refractivity contribution in [1.29, 1.82) is 0 Å². The number of carbonyl (C=O) groups is 1. The minimum atomic E-state index is -0.802. The fourth-order valence-corrected chi connectivity index (χ4v) is 0.751. The van der Waals surface area contributed by atoms with Crippen molar-refractivity contribution in [2.75, 3.05) is 13.2 Å². The molecule has 0 atom stereocenters. The Morgan fingerprint density at radius 1 is 0.867 bits per heavy atom. The summed E-state index contributed by atoms with van der Waals surface area (Å²) in [5.74, 6) is 0. The molecule has 2 heterocycles. The van der Waals surface area contributed by atoms with Gasteiger partial charge in [-0.25, -0.2) is 19.2 Å². The van der Waals surface area contributed by atoms with Gasteiger partial charge in [-0.3, -0.25) is 15.0 Å². The van der Waals surface area contributed by atoms with Crippen LogP contribution in [0.25, 0.3) is 0 Å². The van der Waals surface area contributed by atoms with Gasteiger partial charge in [-0.15, -0.1) is 0 Å². The van der Waals surface area contributed by atoms with Gasteiger partial charge in [0.05, 0.1) is 6.54 Å². The highest BCUT2D eigenvalue weighted by molar-refractivity contribution is 5.68. The van der Waals surface area contributed by atoms with Gasteiger partial charge < -0.3 is 10.1 Å². The fourth-order valence-electron chi connectivity index (χ4n) is 0.751. The van der Waals surface area contributed by atoms with E-state index in [9.17, 15) is 19.2 Å². The van der Waals surface area contributed by atoms with Gasteiger partial charge >= 0.3 is 23.2 Å². The molecule has 1 amide bonds. The number of cyclic esters (lactones) is 1. The second-order valence-electron chi connectivity index (χ2n) is 2.43. The summed E-state index contributed by atoms with van der Waals surface area (Å²) in [7, 11) is 0. The van der Waals surface area contributed by atoms with Crippen molar-refractivity contribution >= 4 is 6.09 Å². The summed E-state index contributed by atoms with van der Waals surface area (Å²) in [6.07, 6.45) is -0.296. The third kappa shape index (κ3) is 3.93. The van der Waals surface area contributed by atoms with Gasteiger partial charge in [0.25, 0.3) is 0 Å². The van der Waals surface area contributed by atoms with Gasteiger partial charge in [0.15, 0.2) is 0 Å². The second kappa shape index (κ2) is 4.79. The van der Waals surface area contributed by atoms with E-state index in [1.165, 1.54) is 0 Å². The molecular weight excluding hydrogens is 208 g/mol. The van der Waals surface area contributed by atoms with Crippen LogP contribution in [0.15, 0.2) is 14.4 Å². The van der Waals surface area contributed by atoms with Crippen molar-refractivity contribution in [3.8, 4) is 0 Å². The third-order valence-corrected chi connectivity index (χ3v) is 1.29. The van der Waals surface area contributed by atoms with E-state index in [-0.39, 0.29) is 6.09 Å². The van der Waals surface area contributed by atoms with Gasteiger partial charge in [-0.05, 0) is 0 Å². The summed E-state index contributed by atoms with van der Waals surface area (Å²) in [4.78, 5) is 45.8. The molecule has 1 fully saturated rings. The van der Waals surface area contributed by atoms with Gasteiger partial charge in [-0.2, -0.15) is 0 Å². The number of ether oxygens (including phenoxy) is 1. The monoisotopic (exact) mass is 216 g/mol. The highest BCUT2D eigenvalue weighted by Gasteiger charge is 2.06. The molecule has 4 N–H and O–H groups in total. The Labute approximate surface area is 81.5 Å². The standard InChI is InChI=1S/C3H3N3O3.C3H5NO2/c7-1-4-2(8)6-3(9)5-1;5-3-4-1-2-6-3/h(H3,4,5,6,7,8,9);1-2H2,(H,4,5). The minimum absolute atomic E-state index is 0.296. The van der Waals surface area contributed by atoms with Crippen LogP contribution in [-0.4, -0.2) is 34.2 Å². The van der Waals surface area contributed by atoms with Crippen LogP contribution in [0.5, 0.6) is 0 Å². The van der Waals surface area contributed by atoms with Gasteiger partial charge in [0, 0.05) is 0 Å². The number of rotatable bonds is 0. The molecule has 0 bridgehead atoms. The van der Waals surface area contributed by atoms with Crippen molar-refractivity contribution in [3.05, 3.63) is 31.5 Å². The number of nitrogens with one attached hydrogen (secondary N) is 4. The summed E-state index contributed by atoms with van der Waals surface area (Å²) in [6, 6.07) is 0. The quantitative estimate of drug-likeness (QED) is 0.379. The predicted molar refractivity (Wildman–Crippen MR) is 47.7 cm³/mol. The fraction of sp³-hybridized carbons (Fsp3) is 0.333. The van der Waals surface area contributed by atoms with E-state index in [0.29, 0.717) is 13.2 Å². The number of hydrogen-bond donors (Lipinski definition) is 4. The van der Waals surface area contributed by atoms with Crippen molar-refractivity contribution in [1.82, 2.24) is 20.3 Å². The molecule has 0 spiro atoms. The number of alkyl carbamates (subject to hydrolysis) is 1. The van der Waals surface area contributed by atoms with Crippen molar-refractivity contribution in [2.45, 2.75) is 0 Å². The lowest BCUT2D eigenvalue weighted by atomic mass is 10.7. The zero-order chi connectivity index (χ0) is 11.3. The first kappa shape index (κ1) is 10.8. The molecule has 9 nitrogen and oxygen atoms in total. The van der Waals surface area contributed by atoms with E-state index in [1.54, 1.807) is 15.0 Å². The molecule has 1 aliphatic rings. The Balaban J connectivity index is 0.000000162. The van der Waals surface area contributed by atoms with Crippen LogP contribution >= 0.6 is 0 Å². The van der Waals surface area contributed by atoms with Crippen LogP contribution < -0.4 is 22.4 Å². The van der Waals surface area contributed by atoms with E-state index in [4.69, 9.17) is 0 Å². The largest absolute Gasteiger partial charge is 0.448 e. The Hall–Kier alpha value is -2.32. The normalized spacial score (nSPS) is 13.5. The lowest BCUT2D eigenvalue weighted by Gasteiger charge is -1.80. The number of aromatic nitrogens is 3. The lowest BCUT2D eigenvalue weighted by Crippen LogP contribution is -2.34. The summed E-state index contributed by atoms with van der Waals surface area (Å²) in [5.41, 5.74) is -2.41. The average Bonchev–Trinajstić information content (AvgIpc) is 2.54. The number of hydrogen-bond acceptors (Lipinski definition) is 5.